The third kappa shape index (κ3) is 2.41. The van der Waals surface area contributed by atoms with E-state index in [1.165, 1.54) is 0 Å². The lowest BCUT2D eigenvalue weighted by molar-refractivity contribution is -0.120. The van der Waals surface area contributed by atoms with Crippen LogP contribution in [0.15, 0.2) is 12.4 Å². The van der Waals surface area contributed by atoms with E-state index in [2.05, 4.69) is 15.3 Å². The van der Waals surface area contributed by atoms with E-state index >= 15 is 0 Å². The van der Waals surface area contributed by atoms with Gasteiger partial charge in [0.15, 0.2) is 0 Å². The Morgan fingerprint density at radius 1 is 1.82 bits per heavy atom. The quantitative estimate of drug-likeness (QED) is 0.646. The number of aromatic nitrogens is 2. The minimum Gasteiger partial charge on any atom is -0.359 e. The van der Waals surface area contributed by atoms with Gasteiger partial charge in [-0.3, -0.25) is 4.79 Å². The van der Waals surface area contributed by atoms with Gasteiger partial charge < -0.3 is 10.3 Å². The van der Waals surface area contributed by atoms with Gasteiger partial charge in [0, 0.05) is 32.3 Å². The Morgan fingerprint density at radius 3 is 3.18 bits per heavy atom. The molecule has 1 aromatic rings. The van der Waals surface area contributed by atoms with Crippen molar-refractivity contribution in [3.63, 3.8) is 0 Å². The molecule has 2 N–H and O–H groups in total. The summed E-state index contributed by atoms with van der Waals surface area (Å²) in [6.45, 7) is 0. The Kier molecular flexibility index (Phi) is 2.66. The molecule has 0 radical (unpaired) electrons. The SMILES string of the molecule is CNC(=O)CCc1ncc[nH]1. The molecule has 1 amide bonds. The van der Waals surface area contributed by atoms with Gasteiger partial charge in [0.05, 0.1) is 0 Å². The van der Waals surface area contributed by atoms with E-state index in [9.17, 15) is 4.79 Å². The molecule has 0 atom stereocenters. The van der Waals surface area contributed by atoms with Crippen molar-refractivity contribution >= 4 is 5.91 Å². The summed E-state index contributed by atoms with van der Waals surface area (Å²) >= 11 is 0. The van der Waals surface area contributed by atoms with Crippen molar-refractivity contribution in [2.24, 2.45) is 0 Å². The summed E-state index contributed by atoms with van der Waals surface area (Å²) in [5.74, 6) is 0.898. The number of amides is 1. The monoisotopic (exact) mass is 153 g/mol. The maximum atomic E-state index is 10.8. The maximum Gasteiger partial charge on any atom is 0.220 e. The molecule has 0 saturated carbocycles. The normalized spacial score (nSPS) is 9.55. The second-order valence-corrected chi connectivity index (χ2v) is 2.21. The summed E-state index contributed by atoms with van der Waals surface area (Å²) in [5.41, 5.74) is 0. The Morgan fingerprint density at radius 2 is 2.64 bits per heavy atom. The van der Waals surface area contributed by atoms with Gasteiger partial charge >= 0.3 is 0 Å². The minimum atomic E-state index is 0.0430. The third-order valence-electron chi connectivity index (χ3n) is 1.42. The average molecular weight is 153 g/mol. The molecule has 0 bridgehead atoms. The minimum absolute atomic E-state index is 0.0430. The molecular formula is C7H11N3O. The number of nitrogens with one attached hydrogen (secondary N) is 2. The Bertz CT molecular complexity index is 218. The van der Waals surface area contributed by atoms with Crippen molar-refractivity contribution in [1.82, 2.24) is 15.3 Å². The first kappa shape index (κ1) is 7.78. The number of imidazole rings is 1. The van der Waals surface area contributed by atoms with Crippen LogP contribution in [0.1, 0.15) is 12.2 Å². The van der Waals surface area contributed by atoms with E-state index in [1.54, 1.807) is 19.4 Å². The topological polar surface area (TPSA) is 57.8 Å². The van der Waals surface area contributed by atoms with E-state index in [4.69, 9.17) is 0 Å². The van der Waals surface area contributed by atoms with E-state index in [-0.39, 0.29) is 5.91 Å². The molecule has 0 unspecified atom stereocenters. The fourth-order valence-corrected chi connectivity index (χ4v) is 0.792. The molecule has 4 heteroatoms. The molecule has 0 aliphatic rings. The van der Waals surface area contributed by atoms with Gasteiger partial charge in [-0.25, -0.2) is 4.98 Å². The van der Waals surface area contributed by atoms with Gasteiger partial charge in [0.1, 0.15) is 5.82 Å². The highest BCUT2D eigenvalue weighted by molar-refractivity contribution is 5.75. The summed E-state index contributed by atoms with van der Waals surface area (Å²) < 4.78 is 0. The number of carbonyl (C=O) groups is 1. The molecule has 0 aromatic carbocycles. The zero-order valence-electron chi connectivity index (χ0n) is 6.42. The maximum absolute atomic E-state index is 10.8. The smallest absolute Gasteiger partial charge is 0.220 e. The van der Waals surface area contributed by atoms with Crippen LogP contribution in [-0.4, -0.2) is 22.9 Å². The second-order valence-electron chi connectivity index (χ2n) is 2.21. The van der Waals surface area contributed by atoms with Crippen molar-refractivity contribution in [2.75, 3.05) is 7.05 Å². The lowest BCUT2D eigenvalue weighted by Crippen LogP contribution is -2.18. The number of H-pyrrole nitrogens is 1. The highest BCUT2D eigenvalue weighted by Gasteiger charge is 1.99. The number of hydrogen-bond acceptors (Lipinski definition) is 2. The summed E-state index contributed by atoms with van der Waals surface area (Å²) in [7, 11) is 1.63. The summed E-state index contributed by atoms with van der Waals surface area (Å²) in [5, 5.41) is 2.55. The van der Waals surface area contributed by atoms with Gasteiger partial charge in [0.25, 0.3) is 0 Å². The summed E-state index contributed by atoms with van der Waals surface area (Å²) in [4.78, 5) is 17.7. The van der Waals surface area contributed by atoms with Crippen LogP contribution < -0.4 is 5.32 Å². The lowest BCUT2D eigenvalue weighted by atomic mass is 10.3. The standard InChI is InChI=1S/C7H11N3O/c1-8-7(11)3-2-6-9-4-5-10-6/h4-5H,2-3H2,1H3,(H,8,11)(H,9,10). The molecule has 11 heavy (non-hydrogen) atoms. The number of aryl methyl sites for hydroxylation is 1. The molecule has 0 fully saturated rings. The van der Waals surface area contributed by atoms with Gasteiger partial charge in [-0.1, -0.05) is 0 Å². The van der Waals surface area contributed by atoms with Crippen LogP contribution in [0.2, 0.25) is 0 Å². The molecule has 0 saturated heterocycles. The van der Waals surface area contributed by atoms with Crippen molar-refractivity contribution in [2.45, 2.75) is 12.8 Å². The predicted molar refractivity (Wildman–Crippen MR) is 41.0 cm³/mol. The number of hydrogen-bond donors (Lipinski definition) is 2. The molecule has 1 heterocycles. The van der Waals surface area contributed by atoms with Gasteiger partial charge in [-0.2, -0.15) is 0 Å². The van der Waals surface area contributed by atoms with Crippen molar-refractivity contribution in [3.8, 4) is 0 Å². The van der Waals surface area contributed by atoms with Crippen LogP contribution in [0.4, 0.5) is 0 Å². The largest absolute Gasteiger partial charge is 0.359 e. The van der Waals surface area contributed by atoms with Gasteiger partial charge in [0.2, 0.25) is 5.91 Å². The highest BCUT2D eigenvalue weighted by Crippen LogP contribution is 1.93. The molecule has 0 aliphatic carbocycles. The van der Waals surface area contributed by atoms with Crippen LogP contribution in [0, 0.1) is 0 Å². The molecule has 0 spiro atoms. The number of nitrogens with zero attached hydrogens (tertiary/aromatic N) is 1. The zero-order valence-corrected chi connectivity index (χ0v) is 6.42. The predicted octanol–water partition coefficient (Wildman–Crippen LogP) is 0.0883. The van der Waals surface area contributed by atoms with Crippen molar-refractivity contribution < 1.29 is 4.79 Å². The van der Waals surface area contributed by atoms with Crippen LogP contribution in [-0.2, 0) is 11.2 Å². The zero-order chi connectivity index (χ0) is 8.10. The fraction of sp³-hybridized carbons (Fsp3) is 0.429. The van der Waals surface area contributed by atoms with Crippen molar-refractivity contribution in [3.05, 3.63) is 18.2 Å². The van der Waals surface area contributed by atoms with E-state index in [0.717, 1.165) is 5.82 Å². The van der Waals surface area contributed by atoms with E-state index in [0.29, 0.717) is 12.8 Å². The van der Waals surface area contributed by atoms with Crippen LogP contribution >= 0.6 is 0 Å². The number of aromatic amines is 1. The lowest BCUT2D eigenvalue weighted by Gasteiger charge is -1.95. The second kappa shape index (κ2) is 3.75. The first-order chi connectivity index (χ1) is 5.33. The Hall–Kier alpha value is -1.32. The van der Waals surface area contributed by atoms with E-state index < -0.39 is 0 Å². The Labute approximate surface area is 65.0 Å². The first-order valence-electron chi connectivity index (χ1n) is 3.52. The fourth-order valence-electron chi connectivity index (χ4n) is 0.792. The molecule has 0 aliphatic heterocycles. The average Bonchev–Trinajstić information content (AvgIpc) is 2.52. The molecule has 1 rings (SSSR count). The first-order valence-corrected chi connectivity index (χ1v) is 3.52. The molecule has 4 nitrogen and oxygen atoms in total. The highest BCUT2D eigenvalue weighted by atomic mass is 16.1. The third-order valence-corrected chi connectivity index (χ3v) is 1.42. The van der Waals surface area contributed by atoms with E-state index in [1.807, 2.05) is 0 Å². The van der Waals surface area contributed by atoms with Gasteiger partial charge in [-0.05, 0) is 0 Å². The Balaban J connectivity index is 2.29. The molecule has 1 aromatic heterocycles. The van der Waals surface area contributed by atoms with Crippen LogP contribution in [0.3, 0.4) is 0 Å². The molecule has 60 valence electrons. The summed E-state index contributed by atoms with van der Waals surface area (Å²) in [6, 6.07) is 0. The molecular weight excluding hydrogens is 142 g/mol. The summed E-state index contributed by atoms with van der Waals surface area (Å²) in [6.07, 6.45) is 4.59. The number of rotatable bonds is 3. The number of carbonyl (C=O) groups excluding carboxylic acids is 1. The van der Waals surface area contributed by atoms with Crippen LogP contribution in [0.5, 0.6) is 0 Å². The van der Waals surface area contributed by atoms with Gasteiger partial charge in [-0.15, -0.1) is 0 Å². The van der Waals surface area contributed by atoms with Crippen LogP contribution in [0.25, 0.3) is 0 Å². The van der Waals surface area contributed by atoms with Crippen molar-refractivity contribution in [1.29, 1.82) is 0 Å².